The van der Waals surface area contributed by atoms with Crippen LogP contribution in [0.1, 0.15) is 12.0 Å². The summed E-state index contributed by atoms with van der Waals surface area (Å²) in [6.45, 7) is -0.0197. The first-order valence-corrected chi connectivity index (χ1v) is 11.1. The summed E-state index contributed by atoms with van der Waals surface area (Å²) in [5, 5.41) is 7.90. The second-order valence-electron chi connectivity index (χ2n) is 7.89. The van der Waals surface area contributed by atoms with Gasteiger partial charge in [0, 0.05) is 30.4 Å². The molecule has 1 heterocycles. The van der Waals surface area contributed by atoms with Crippen LogP contribution in [0.4, 0.5) is 16.2 Å². The van der Waals surface area contributed by atoms with Gasteiger partial charge < -0.3 is 16.0 Å². The van der Waals surface area contributed by atoms with Gasteiger partial charge >= 0.3 is 6.03 Å². The number of nitrogens with one attached hydrogen (secondary N) is 3. The summed E-state index contributed by atoms with van der Waals surface area (Å²) in [5.74, 6) is -0.948. The highest BCUT2D eigenvalue weighted by atomic mass is 16.2. The zero-order chi connectivity index (χ0) is 24.6. The summed E-state index contributed by atoms with van der Waals surface area (Å²) in [6, 6.07) is 24.1. The smallest absolute Gasteiger partial charge is 0.324 e. The van der Waals surface area contributed by atoms with E-state index in [0.717, 1.165) is 21.6 Å². The van der Waals surface area contributed by atoms with Gasteiger partial charge in [-0.05, 0) is 53.1 Å². The number of carbonyl (C=O) groups is 4. The molecule has 1 fully saturated rings. The highest BCUT2D eigenvalue weighted by Crippen LogP contribution is 2.20. The van der Waals surface area contributed by atoms with E-state index in [4.69, 9.17) is 0 Å². The summed E-state index contributed by atoms with van der Waals surface area (Å²) in [7, 11) is 0. The summed E-state index contributed by atoms with van der Waals surface area (Å²) in [5.41, 5.74) is 4.21. The Hall–Kier alpha value is -4.72. The molecule has 5 amide bonds. The van der Waals surface area contributed by atoms with Gasteiger partial charge in [-0.2, -0.15) is 0 Å². The fourth-order valence-electron chi connectivity index (χ4n) is 3.56. The van der Waals surface area contributed by atoms with Crippen molar-refractivity contribution in [1.29, 1.82) is 0 Å². The molecule has 35 heavy (non-hydrogen) atoms. The summed E-state index contributed by atoms with van der Waals surface area (Å²) < 4.78 is 0. The lowest BCUT2D eigenvalue weighted by Gasteiger charge is -2.12. The predicted molar refractivity (Wildman–Crippen MR) is 134 cm³/mol. The van der Waals surface area contributed by atoms with Gasteiger partial charge in [0.25, 0.3) is 0 Å². The molecule has 1 aliphatic heterocycles. The molecule has 4 rings (SSSR count). The molecule has 0 aromatic heterocycles. The fraction of sp³-hybridized carbons (Fsp3) is 0.111. The lowest BCUT2D eigenvalue weighted by Crippen LogP contribution is -2.33. The molecule has 0 radical (unpaired) electrons. The third-order valence-electron chi connectivity index (χ3n) is 5.36. The maximum absolute atomic E-state index is 12.3. The Morgan fingerprint density at radius 1 is 0.857 bits per heavy atom. The van der Waals surface area contributed by atoms with Crippen LogP contribution in [0.3, 0.4) is 0 Å². The van der Waals surface area contributed by atoms with E-state index >= 15 is 0 Å². The van der Waals surface area contributed by atoms with Crippen LogP contribution in [0.15, 0.2) is 84.9 Å². The van der Waals surface area contributed by atoms with E-state index in [9.17, 15) is 19.2 Å². The monoisotopic (exact) mass is 468 g/mol. The van der Waals surface area contributed by atoms with Crippen LogP contribution in [-0.4, -0.2) is 41.7 Å². The Labute approximate surface area is 202 Å². The van der Waals surface area contributed by atoms with Crippen LogP contribution < -0.4 is 16.0 Å². The summed E-state index contributed by atoms with van der Waals surface area (Å²) in [6.07, 6.45) is 3.21. The standard InChI is InChI=1S/C27H24N4O4/c32-24(14-9-19-5-4-8-21(17-19)20-6-2-1-3-7-20)29-22-10-12-23(13-11-22)30-25(33)15-16-31-26(34)18-28-27(31)35/h1-14,17H,15-16,18H2,(H,28,35)(H,29,32)(H,30,33). The van der Waals surface area contributed by atoms with E-state index < -0.39 is 6.03 Å². The van der Waals surface area contributed by atoms with Gasteiger partial charge in [-0.15, -0.1) is 0 Å². The fourth-order valence-corrected chi connectivity index (χ4v) is 3.56. The molecule has 1 saturated heterocycles. The van der Waals surface area contributed by atoms with Crippen LogP contribution >= 0.6 is 0 Å². The number of carbonyl (C=O) groups excluding carboxylic acids is 4. The van der Waals surface area contributed by atoms with Crippen molar-refractivity contribution in [2.24, 2.45) is 0 Å². The zero-order valence-corrected chi connectivity index (χ0v) is 18.9. The van der Waals surface area contributed by atoms with Crippen LogP contribution in [0.25, 0.3) is 17.2 Å². The number of imide groups is 1. The highest BCUT2D eigenvalue weighted by Gasteiger charge is 2.28. The van der Waals surface area contributed by atoms with E-state index in [-0.39, 0.29) is 37.2 Å². The third kappa shape index (κ3) is 6.42. The number of benzene rings is 3. The Morgan fingerprint density at radius 3 is 2.23 bits per heavy atom. The lowest BCUT2D eigenvalue weighted by molar-refractivity contribution is -0.125. The quantitative estimate of drug-likeness (QED) is 0.344. The first-order chi connectivity index (χ1) is 17.0. The van der Waals surface area contributed by atoms with Crippen molar-refractivity contribution in [2.45, 2.75) is 6.42 Å². The molecule has 0 aliphatic carbocycles. The largest absolute Gasteiger partial charge is 0.329 e. The van der Waals surface area contributed by atoms with Gasteiger partial charge in [-0.25, -0.2) is 4.79 Å². The first kappa shape index (κ1) is 23.4. The van der Waals surface area contributed by atoms with E-state index in [1.54, 1.807) is 30.3 Å². The van der Waals surface area contributed by atoms with Crippen molar-refractivity contribution in [1.82, 2.24) is 10.2 Å². The normalized spacial score (nSPS) is 13.1. The minimum atomic E-state index is -0.485. The van der Waals surface area contributed by atoms with Crippen molar-refractivity contribution < 1.29 is 19.2 Å². The van der Waals surface area contributed by atoms with E-state index in [2.05, 4.69) is 16.0 Å². The molecule has 0 bridgehead atoms. The predicted octanol–water partition coefficient (Wildman–Crippen LogP) is 3.89. The first-order valence-electron chi connectivity index (χ1n) is 11.1. The minimum absolute atomic E-state index is 0.00604. The maximum Gasteiger partial charge on any atom is 0.324 e. The Kier molecular flexibility index (Phi) is 7.32. The SMILES string of the molecule is O=C(C=Cc1cccc(-c2ccccc2)c1)Nc1ccc(NC(=O)CCN2C(=O)CNC2=O)cc1. The second kappa shape index (κ2) is 10.9. The molecule has 1 aliphatic rings. The second-order valence-corrected chi connectivity index (χ2v) is 7.89. The molecule has 8 heteroatoms. The zero-order valence-electron chi connectivity index (χ0n) is 18.9. The average Bonchev–Trinajstić information content (AvgIpc) is 3.20. The van der Waals surface area contributed by atoms with Crippen LogP contribution in [0.5, 0.6) is 0 Å². The van der Waals surface area contributed by atoms with E-state index in [1.165, 1.54) is 6.08 Å². The van der Waals surface area contributed by atoms with Crippen molar-refractivity contribution in [3.05, 3.63) is 90.5 Å². The minimum Gasteiger partial charge on any atom is -0.329 e. The molecular formula is C27H24N4O4. The molecule has 3 aromatic rings. The molecule has 3 N–H and O–H groups in total. The Bertz CT molecular complexity index is 1250. The molecule has 8 nitrogen and oxygen atoms in total. The van der Waals surface area contributed by atoms with Gasteiger partial charge in [0.05, 0.1) is 6.54 Å². The van der Waals surface area contributed by atoms with E-state index in [0.29, 0.717) is 11.4 Å². The van der Waals surface area contributed by atoms with Gasteiger partial charge in [0.1, 0.15) is 0 Å². The van der Waals surface area contributed by atoms with Gasteiger partial charge in [0.2, 0.25) is 17.7 Å². The molecule has 0 atom stereocenters. The van der Waals surface area contributed by atoms with Crippen LogP contribution in [0.2, 0.25) is 0 Å². The number of rotatable bonds is 8. The summed E-state index contributed by atoms with van der Waals surface area (Å²) >= 11 is 0. The molecule has 0 spiro atoms. The highest BCUT2D eigenvalue weighted by molar-refractivity contribution is 6.03. The Balaban J connectivity index is 1.27. The number of hydrogen-bond acceptors (Lipinski definition) is 4. The van der Waals surface area contributed by atoms with Crippen LogP contribution in [0, 0.1) is 0 Å². The van der Waals surface area contributed by atoms with Crippen molar-refractivity contribution >= 4 is 41.2 Å². The Morgan fingerprint density at radius 2 is 1.54 bits per heavy atom. The molecular weight excluding hydrogens is 444 g/mol. The molecule has 176 valence electrons. The van der Waals surface area contributed by atoms with Crippen molar-refractivity contribution in [3.8, 4) is 11.1 Å². The number of anilines is 2. The van der Waals surface area contributed by atoms with Gasteiger partial charge in [-0.1, -0.05) is 48.5 Å². The van der Waals surface area contributed by atoms with E-state index in [1.807, 2.05) is 54.6 Å². The molecule has 0 unspecified atom stereocenters. The number of urea groups is 1. The summed E-state index contributed by atoms with van der Waals surface area (Å²) in [4.78, 5) is 48.5. The topological polar surface area (TPSA) is 108 Å². The number of nitrogens with zero attached hydrogens (tertiary/aromatic N) is 1. The van der Waals surface area contributed by atoms with Crippen molar-refractivity contribution in [3.63, 3.8) is 0 Å². The molecule has 3 aromatic carbocycles. The van der Waals surface area contributed by atoms with Gasteiger partial charge in [0.15, 0.2) is 0 Å². The third-order valence-corrected chi connectivity index (χ3v) is 5.36. The van der Waals surface area contributed by atoms with Crippen molar-refractivity contribution in [2.75, 3.05) is 23.7 Å². The van der Waals surface area contributed by atoms with Gasteiger partial charge in [-0.3, -0.25) is 19.3 Å². The number of amides is 5. The number of hydrogen-bond donors (Lipinski definition) is 3. The maximum atomic E-state index is 12.3. The molecule has 0 saturated carbocycles. The van der Waals surface area contributed by atoms with Crippen LogP contribution in [-0.2, 0) is 14.4 Å². The lowest BCUT2D eigenvalue weighted by atomic mass is 10.0. The average molecular weight is 469 g/mol.